The number of carbonyl (C=O) groups is 2. The lowest BCUT2D eigenvalue weighted by molar-refractivity contribution is -0.134. The molecule has 1 fully saturated rings. The van der Waals surface area contributed by atoms with Crippen molar-refractivity contribution in [2.45, 2.75) is 13.0 Å². The lowest BCUT2D eigenvalue weighted by atomic mass is 10.1. The van der Waals surface area contributed by atoms with Crippen LogP contribution in [0.25, 0.3) is 0 Å². The third kappa shape index (κ3) is 5.41. The summed E-state index contributed by atoms with van der Waals surface area (Å²) in [5, 5.41) is 4.82. The molecule has 1 aromatic carbocycles. The monoisotopic (exact) mass is 357 g/mol. The van der Waals surface area contributed by atoms with Gasteiger partial charge >= 0.3 is 0 Å². The van der Waals surface area contributed by atoms with Gasteiger partial charge in [-0.15, -0.1) is 11.3 Å². The fourth-order valence-electron chi connectivity index (χ4n) is 2.91. The maximum absolute atomic E-state index is 12.3. The van der Waals surface area contributed by atoms with Crippen LogP contribution in [0.4, 0.5) is 0 Å². The Morgan fingerprint density at radius 3 is 2.44 bits per heavy atom. The lowest BCUT2D eigenvalue weighted by Crippen LogP contribution is -2.50. The van der Waals surface area contributed by atoms with E-state index in [1.807, 2.05) is 35.2 Å². The molecule has 0 aliphatic carbocycles. The predicted octanol–water partition coefficient (Wildman–Crippen LogP) is 1.75. The first-order chi connectivity index (χ1) is 12.2. The Labute approximate surface area is 152 Å². The van der Waals surface area contributed by atoms with Crippen LogP contribution < -0.4 is 5.32 Å². The zero-order valence-corrected chi connectivity index (χ0v) is 15.0. The van der Waals surface area contributed by atoms with Gasteiger partial charge in [0, 0.05) is 37.6 Å². The summed E-state index contributed by atoms with van der Waals surface area (Å²) in [5.41, 5.74) is 0.953. The van der Waals surface area contributed by atoms with Gasteiger partial charge in [0.2, 0.25) is 11.8 Å². The highest BCUT2D eigenvalue weighted by Gasteiger charge is 2.21. The highest BCUT2D eigenvalue weighted by atomic mass is 32.1. The van der Waals surface area contributed by atoms with E-state index < -0.39 is 0 Å². The van der Waals surface area contributed by atoms with E-state index in [9.17, 15) is 9.59 Å². The molecule has 2 heterocycles. The van der Waals surface area contributed by atoms with Crippen molar-refractivity contribution in [1.82, 2.24) is 15.1 Å². The third-order valence-corrected chi connectivity index (χ3v) is 5.19. The van der Waals surface area contributed by atoms with Gasteiger partial charge in [0.15, 0.2) is 0 Å². The van der Waals surface area contributed by atoms with Gasteiger partial charge in [0.25, 0.3) is 0 Å². The molecule has 1 N–H and O–H groups in total. The molecule has 0 saturated carbocycles. The van der Waals surface area contributed by atoms with E-state index in [-0.39, 0.29) is 18.4 Å². The van der Waals surface area contributed by atoms with E-state index >= 15 is 0 Å². The van der Waals surface area contributed by atoms with Gasteiger partial charge < -0.3 is 10.2 Å². The van der Waals surface area contributed by atoms with Crippen LogP contribution in [0, 0.1) is 0 Å². The summed E-state index contributed by atoms with van der Waals surface area (Å²) >= 11 is 1.77. The summed E-state index contributed by atoms with van der Waals surface area (Å²) in [7, 11) is 0. The molecule has 1 saturated heterocycles. The third-order valence-electron chi connectivity index (χ3n) is 4.33. The molecule has 1 aromatic heterocycles. The van der Waals surface area contributed by atoms with E-state index in [0.29, 0.717) is 6.42 Å². The van der Waals surface area contributed by atoms with E-state index in [4.69, 9.17) is 0 Å². The van der Waals surface area contributed by atoms with Crippen molar-refractivity contribution in [3.8, 4) is 0 Å². The average Bonchev–Trinajstić information content (AvgIpc) is 3.14. The number of hydrogen-bond acceptors (Lipinski definition) is 4. The Balaban J connectivity index is 1.37. The van der Waals surface area contributed by atoms with Crippen LogP contribution in [0.5, 0.6) is 0 Å². The molecule has 3 rings (SSSR count). The zero-order chi connectivity index (χ0) is 17.5. The van der Waals surface area contributed by atoms with E-state index in [1.165, 1.54) is 4.88 Å². The largest absolute Gasteiger partial charge is 0.347 e. The molecule has 1 aliphatic rings. The second-order valence-electron chi connectivity index (χ2n) is 6.18. The van der Waals surface area contributed by atoms with E-state index in [1.54, 1.807) is 11.3 Å². The fourth-order valence-corrected chi connectivity index (χ4v) is 3.65. The first-order valence-corrected chi connectivity index (χ1v) is 9.42. The number of benzene rings is 1. The first-order valence-electron chi connectivity index (χ1n) is 8.54. The fraction of sp³-hybridized carbons (Fsp3) is 0.368. The van der Waals surface area contributed by atoms with Gasteiger partial charge in [-0.3, -0.25) is 14.5 Å². The predicted molar refractivity (Wildman–Crippen MR) is 99.3 cm³/mol. The summed E-state index contributed by atoms with van der Waals surface area (Å²) in [4.78, 5) is 29.8. The van der Waals surface area contributed by atoms with Crippen molar-refractivity contribution in [3.05, 3.63) is 58.3 Å². The quantitative estimate of drug-likeness (QED) is 0.857. The van der Waals surface area contributed by atoms with Gasteiger partial charge in [0.05, 0.1) is 13.0 Å². The highest BCUT2D eigenvalue weighted by Crippen LogP contribution is 2.13. The molecule has 25 heavy (non-hydrogen) atoms. The first kappa shape index (κ1) is 17.6. The summed E-state index contributed by atoms with van der Waals surface area (Å²) in [6, 6.07) is 13.8. The minimum absolute atomic E-state index is 0.00261. The molecular formula is C19H23N3O2S. The maximum Gasteiger partial charge on any atom is 0.242 e. The number of amides is 2. The molecule has 0 unspecified atom stereocenters. The van der Waals surface area contributed by atoms with Crippen molar-refractivity contribution >= 4 is 23.2 Å². The molecule has 132 valence electrons. The number of nitrogens with one attached hydrogen (secondary N) is 1. The van der Waals surface area contributed by atoms with Gasteiger partial charge in [-0.1, -0.05) is 36.4 Å². The lowest BCUT2D eigenvalue weighted by Gasteiger charge is -2.34. The second kappa shape index (κ2) is 8.78. The van der Waals surface area contributed by atoms with Crippen molar-refractivity contribution in [3.63, 3.8) is 0 Å². The van der Waals surface area contributed by atoms with Crippen LogP contribution >= 0.6 is 11.3 Å². The Morgan fingerprint density at radius 1 is 1.00 bits per heavy atom. The summed E-state index contributed by atoms with van der Waals surface area (Å²) in [6.45, 7) is 4.23. The molecule has 2 amide bonds. The number of nitrogens with zero attached hydrogens (tertiary/aromatic N) is 2. The van der Waals surface area contributed by atoms with Crippen molar-refractivity contribution in [1.29, 1.82) is 0 Å². The Bertz CT molecular complexity index is 680. The molecule has 1 aliphatic heterocycles. The molecule has 0 atom stereocenters. The van der Waals surface area contributed by atoms with E-state index in [2.05, 4.69) is 27.7 Å². The minimum Gasteiger partial charge on any atom is -0.347 e. The molecule has 0 spiro atoms. The van der Waals surface area contributed by atoms with Crippen LogP contribution in [-0.2, 0) is 22.6 Å². The number of rotatable bonds is 6. The zero-order valence-electron chi connectivity index (χ0n) is 14.2. The average molecular weight is 357 g/mol. The number of carbonyl (C=O) groups excluding carboxylic acids is 2. The molecule has 2 aromatic rings. The van der Waals surface area contributed by atoms with Crippen LogP contribution in [0.15, 0.2) is 47.8 Å². The number of hydrogen-bond donors (Lipinski definition) is 1. The number of thiophene rings is 1. The van der Waals surface area contributed by atoms with Gasteiger partial charge in [-0.25, -0.2) is 0 Å². The van der Waals surface area contributed by atoms with Crippen LogP contribution in [0.2, 0.25) is 0 Å². The van der Waals surface area contributed by atoms with Crippen molar-refractivity contribution < 1.29 is 9.59 Å². The highest BCUT2D eigenvalue weighted by molar-refractivity contribution is 7.09. The summed E-state index contributed by atoms with van der Waals surface area (Å²) in [6.07, 6.45) is 0.308. The van der Waals surface area contributed by atoms with Crippen LogP contribution in [-0.4, -0.2) is 54.3 Å². The summed E-state index contributed by atoms with van der Waals surface area (Å²) < 4.78 is 0. The SMILES string of the molecule is O=C(Cc1ccccc1)NCC(=O)N1CCN(Cc2cccs2)CC1. The Kier molecular flexibility index (Phi) is 6.19. The van der Waals surface area contributed by atoms with Gasteiger partial charge in [-0.2, -0.15) is 0 Å². The minimum atomic E-state index is -0.115. The maximum atomic E-state index is 12.3. The van der Waals surface area contributed by atoms with Gasteiger partial charge in [0.1, 0.15) is 0 Å². The van der Waals surface area contributed by atoms with E-state index in [0.717, 1.165) is 38.3 Å². The molecule has 0 bridgehead atoms. The molecular weight excluding hydrogens is 334 g/mol. The number of piperazine rings is 1. The van der Waals surface area contributed by atoms with Crippen molar-refractivity contribution in [2.75, 3.05) is 32.7 Å². The normalized spacial score (nSPS) is 15.1. The standard InChI is InChI=1S/C19H23N3O2S/c23-18(13-16-5-2-1-3-6-16)20-14-19(24)22-10-8-21(9-11-22)15-17-7-4-12-25-17/h1-7,12H,8-11,13-15H2,(H,20,23). The second-order valence-corrected chi connectivity index (χ2v) is 7.21. The Morgan fingerprint density at radius 2 is 1.76 bits per heavy atom. The summed E-state index contributed by atoms with van der Waals surface area (Å²) in [5.74, 6) is -0.118. The van der Waals surface area contributed by atoms with Crippen LogP contribution in [0.1, 0.15) is 10.4 Å². The molecule has 6 heteroatoms. The Hall–Kier alpha value is -2.18. The van der Waals surface area contributed by atoms with Gasteiger partial charge in [-0.05, 0) is 17.0 Å². The molecule has 0 radical (unpaired) electrons. The topological polar surface area (TPSA) is 52.7 Å². The van der Waals surface area contributed by atoms with Crippen LogP contribution in [0.3, 0.4) is 0 Å². The van der Waals surface area contributed by atoms with Crippen molar-refractivity contribution in [2.24, 2.45) is 0 Å². The smallest absolute Gasteiger partial charge is 0.242 e. The molecule has 5 nitrogen and oxygen atoms in total.